The van der Waals surface area contributed by atoms with Gasteiger partial charge in [-0.15, -0.1) is 0 Å². The first-order chi connectivity index (χ1) is 13.0. The number of carbonyl (C=O) groups is 2. The number of rotatable bonds is 4. The van der Waals surface area contributed by atoms with E-state index < -0.39 is 12.1 Å². The van der Waals surface area contributed by atoms with E-state index in [1.165, 1.54) is 0 Å². The molecule has 8 nitrogen and oxygen atoms in total. The third-order valence-electron chi connectivity index (χ3n) is 4.33. The van der Waals surface area contributed by atoms with Gasteiger partial charge in [0.1, 0.15) is 11.8 Å². The molecule has 4 rings (SSSR count). The van der Waals surface area contributed by atoms with Crippen LogP contribution >= 0.6 is 0 Å². The summed E-state index contributed by atoms with van der Waals surface area (Å²) < 4.78 is 16.1. The smallest absolute Gasteiger partial charge is 0.265 e. The van der Waals surface area contributed by atoms with Crippen LogP contribution in [0.1, 0.15) is 13.8 Å². The first-order valence-corrected chi connectivity index (χ1v) is 8.58. The van der Waals surface area contributed by atoms with Gasteiger partial charge in [-0.25, -0.2) is 0 Å². The number of hydrogen-bond acceptors (Lipinski definition) is 6. The minimum Gasteiger partial charge on any atom is -0.479 e. The summed E-state index contributed by atoms with van der Waals surface area (Å²) in [5, 5.41) is 8.74. The highest BCUT2D eigenvalue weighted by atomic mass is 16.7. The average Bonchev–Trinajstić information content (AvgIpc) is 3.10. The Labute approximate surface area is 155 Å². The predicted molar refractivity (Wildman–Crippen MR) is 99.4 cm³/mol. The van der Waals surface area contributed by atoms with E-state index in [1.807, 2.05) is 0 Å². The van der Waals surface area contributed by atoms with Crippen molar-refractivity contribution in [3.8, 4) is 17.2 Å². The van der Waals surface area contributed by atoms with Crippen LogP contribution in [0.2, 0.25) is 0 Å². The van der Waals surface area contributed by atoms with E-state index in [4.69, 9.17) is 14.2 Å². The second-order valence-electron chi connectivity index (χ2n) is 6.38. The Kier molecular flexibility index (Phi) is 4.23. The maximum atomic E-state index is 12.5. The highest BCUT2D eigenvalue weighted by Crippen LogP contribution is 2.34. The standard InChI is InChI=1S/C19H19N3O5/c1-10(18(23)21-13-4-6-16-17(8-13)26-9-25-16)20-12-3-5-15-14(7-12)22-19(24)11(2)27-15/h3-8,10-11,20H,9H2,1-2H3,(H,21,23)(H,22,24)/t10-,11-/m0/s1. The summed E-state index contributed by atoms with van der Waals surface area (Å²) in [6.45, 7) is 3.62. The van der Waals surface area contributed by atoms with Gasteiger partial charge in [0.2, 0.25) is 12.7 Å². The molecule has 2 aromatic carbocycles. The Morgan fingerprint density at radius 1 is 1.11 bits per heavy atom. The van der Waals surface area contributed by atoms with E-state index in [-0.39, 0.29) is 18.6 Å². The van der Waals surface area contributed by atoms with E-state index in [0.717, 1.165) is 0 Å². The van der Waals surface area contributed by atoms with Gasteiger partial charge in [0, 0.05) is 17.4 Å². The summed E-state index contributed by atoms with van der Waals surface area (Å²) in [5.41, 5.74) is 1.89. The van der Waals surface area contributed by atoms with Gasteiger partial charge in [0.25, 0.3) is 5.91 Å². The highest BCUT2D eigenvalue weighted by molar-refractivity contribution is 5.99. The van der Waals surface area contributed by atoms with Crippen molar-refractivity contribution >= 4 is 28.9 Å². The normalized spacial score (nSPS) is 18.0. The van der Waals surface area contributed by atoms with Crippen molar-refractivity contribution in [1.82, 2.24) is 0 Å². The van der Waals surface area contributed by atoms with Crippen LogP contribution in [0.4, 0.5) is 17.1 Å². The SMILES string of the molecule is C[C@H](Nc1ccc2c(c1)NC(=O)[C@H](C)O2)C(=O)Nc1ccc2c(c1)OCO2. The molecule has 0 saturated carbocycles. The van der Waals surface area contributed by atoms with Crippen LogP contribution in [0, 0.1) is 0 Å². The Bertz CT molecular complexity index is 914. The van der Waals surface area contributed by atoms with Gasteiger partial charge in [-0.05, 0) is 44.2 Å². The zero-order valence-corrected chi connectivity index (χ0v) is 14.9. The van der Waals surface area contributed by atoms with Gasteiger partial charge < -0.3 is 30.2 Å². The molecule has 0 fully saturated rings. The van der Waals surface area contributed by atoms with Crippen molar-refractivity contribution in [2.45, 2.75) is 26.0 Å². The van der Waals surface area contributed by atoms with Crippen LogP contribution in [0.15, 0.2) is 36.4 Å². The summed E-state index contributed by atoms with van der Waals surface area (Å²) in [5.74, 6) is 1.46. The molecule has 0 aliphatic carbocycles. The predicted octanol–water partition coefficient (Wildman–Crippen LogP) is 2.57. The van der Waals surface area contributed by atoms with Crippen LogP contribution in [-0.2, 0) is 9.59 Å². The van der Waals surface area contributed by atoms with E-state index in [2.05, 4.69) is 16.0 Å². The lowest BCUT2D eigenvalue weighted by atomic mass is 10.2. The molecule has 2 aromatic rings. The van der Waals surface area contributed by atoms with Gasteiger partial charge in [-0.1, -0.05) is 0 Å². The van der Waals surface area contributed by atoms with E-state index in [1.54, 1.807) is 50.2 Å². The van der Waals surface area contributed by atoms with Crippen molar-refractivity contribution in [2.24, 2.45) is 0 Å². The summed E-state index contributed by atoms with van der Waals surface area (Å²) in [7, 11) is 0. The second-order valence-corrected chi connectivity index (χ2v) is 6.38. The Hall–Kier alpha value is -3.42. The third kappa shape index (κ3) is 3.46. The fourth-order valence-electron chi connectivity index (χ4n) is 2.84. The van der Waals surface area contributed by atoms with Crippen molar-refractivity contribution in [3.05, 3.63) is 36.4 Å². The molecule has 0 spiro atoms. The fraction of sp³-hybridized carbons (Fsp3) is 0.263. The summed E-state index contributed by atoms with van der Waals surface area (Å²) in [6.07, 6.45) is -0.525. The number of fused-ring (bicyclic) bond motifs is 2. The molecule has 0 unspecified atom stereocenters. The lowest BCUT2D eigenvalue weighted by Gasteiger charge is -2.24. The number of hydrogen-bond donors (Lipinski definition) is 3. The molecule has 2 heterocycles. The molecular formula is C19H19N3O5. The van der Waals surface area contributed by atoms with E-state index in [0.29, 0.717) is 34.3 Å². The topological polar surface area (TPSA) is 97.9 Å². The molecule has 2 atom stereocenters. The summed E-state index contributed by atoms with van der Waals surface area (Å²) >= 11 is 0. The molecule has 27 heavy (non-hydrogen) atoms. The number of anilines is 3. The highest BCUT2D eigenvalue weighted by Gasteiger charge is 2.24. The minimum absolute atomic E-state index is 0.183. The summed E-state index contributed by atoms with van der Waals surface area (Å²) in [6, 6.07) is 10.0. The second kappa shape index (κ2) is 6.71. The van der Waals surface area contributed by atoms with Crippen LogP contribution in [0.3, 0.4) is 0 Å². The van der Waals surface area contributed by atoms with E-state index in [9.17, 15) is 9.59 Å². The Morgan fingerprint density at radius 2 is 1.85 bits per heavy atom. The largest absolute Gasteiger partial charge is 0.479 e. The molecule has 0 aromatic heterocycles. The molecule has 0 saturated heterocycles. The maximum Gasteiger partial charge on any atom is 0.265 e. The number of carbonyl (C=O) groups excluding carboxylic acids is 2. The van der Waals surface area contributed by atoms with Gasteiger partial charge in [-0.3, -0.25) is 9.59 Å². The van der Waals surface area contributed by atoms with E-state index >= 15 is 0 Å². The number of amides is 2. The van der Waals surface area contributed by atoms with Crippen molar-refractivity contribution in [2.75, 3.05) is 22.7 Å². The summed E-state index contributed by atoms with van der Waals surface area (Å²) in [4.78, 5) is 24.2. The third-order valence-corrected chi connectivity index (χ3v) is 4.33. The molecule has 140 valence electrons. The zero-order chi connectivity index (χ0) is 19.0. The molecule has 2 aliphatic rings. The maximum absolute atomic E-state index is 12.5. The Morgan fingerprint density at radius 3 is 2.70 bits per heavy atom. The lowest BCUT2D eigenvalue weighted by Crippen LogP contribution is -2.34. The first kappa shape index (κ1) is 17.0. The van der Waals surface area contributed by atoms with Crippen LogP contribution in [-0.4, -0.2) is 30.8 Å². The van der Waals surface area contributed by atoms with Crippen LogP contribution < -0.4 is 30.2 Å². The lowest BCUT2D eigenvalue weighted by molar-refractivity contribution is -0.122. The van der Waals surface area contributed by atoms with Gasteiger partial charge in [-0.2, -0.15) is 0 Å². The van der Waals surface area contributed by atoms with Gasteiger partial charge in [0.05, 0.1) is 5.69 Å². The van der Waals surface area contributed by atoms with Crippen LogP contribution in [0.25, 0.3) is 0 Å². The molecule has 0 bridgehead atoms. The van der Waals surface area contributed by atoms with Gasteiger partial charge >= 0.3 is 0 Å². The molecule has 2 amide bonds. The molecule has 3 N–H and O–H groups in total. The quantitative estimate of drug-likeness (QED) is 0.766. The average molecular weight is 369 g/mol. The number of nitrogens with one attached hydrogen (secondary N) is 3. The molecule has 0 radical (unpaired) electrons. The monoisotopic (exact) mass is 369 g/mol. The first-order valence-electron chi connectivity index (χ1n) is 8.58. The minimum atomic E-state index is -0.525. The van der Waals surface area contributed by atoms with Crippen molar-refractivity contribution < 1.29 is 23.8 Å². The molecule has 2 aliphatic heterocycles. The van der Waals surface area contributed by atoms with Crippen LogP contribution in [0.5, 0.6) is 17.2 Å². The number of benzene rings is 2. The fourth-order valence-corrected chi connectivity index (χ4v) is 2.84. The molecule has 8 heteroatoms. The Balaban J connectivity index is 1.41. The van der Waals surface area contributed by atoms with Crippen molar-refractivity contribution in [3.63, 3.8) is 0 Å². The number of ether oxygens (including phenoxy) is 3. The zero-order valence-electron chi connectivity index (χ0n) is 14.9. The van der Waals surface area contributed by atoms with Crippen molar-refractivity contribution in [1.29, 1.82) is 0 Å². The van der Waals surface area contributed by atoms with Gasteiger partial charge in [0.15, 0.2) is 17.6 Å². The molecular weight excluding hydrogens is 350 g/mol.